The number of hydrogen-bond acceptors (Lipinski definition) is 3. The van der Waals surface area contributed by atoms with Gasteiger partial charge in [-0.15, -0.1) is 5.92 Å². The van der Waals surface area contributed by atoms with Gasteiger partial charge in [0.2, 0.25) is 0 Å². The number of hydrogen-bond donors (Lipinski definition) is 3. The highest BCUT2D eigenvalue weighted by Crippen LogP contribution is 2.06. The van der Waals surface area contributed by atoms with Gasteiger partial charge < -0.3 is 10.3 Å². The van der Waals surface area contributed by atoms with Gasteiger partial charge in [0.15, 0.2) is 0 Å². The van der Waals surface area contributed by atoms with E-state index in [0.717, 1.165) is 11.1 Å². The summed E-state index contributed by atoms with van der Waals surface area (Å²) in [6.45, 7) is 1.75. The summed E-state index contributed by atoms with van der Waals surface area (Å²) in [5.74, 6) is 4.59. The van der Waals surface area contributed by atoms with Crippen LogP contribution in [0.3, 0.4) is 0 Å². The number of aliphatic carboxylic acids is 1. The SMILES string of the molecule is CC#Cc1ccc(C[C@H](NO)C(=O)O)cc1. The maximum atomic E-state index is 10.7. The zero-order valence-electron chi connectivity index (χ0n) is 8.90. The van der Waals surface area contributed by atoms with Crippen LogP contribution in [0.25, 0.3) is 0 Å². The summed E-state index contributed by atoms with van der Waals surface area (Å²) in [4.78, 5) is 10.7. The Morgan fingerprint density at radius 1 is 1.44 bits per heavy atom. The molecule has 16 heavy (non-hydrogen) atoms. The number of rotatable bonds is 4. The Hall–Kier alpha value is -1.83. The molecule has 0 bridgehead atoms. The van der Waals surface area contributed by atoms with Gasteiger partial charge in [-0.2, -0.15) is 5.48 Å². The molecule has 0 aliphatic heterocycles. The smallest absolute Gasteiger partial charge is 0.323 e. The monoisotopic (exact) mass is 219 g/mol. The lowest BCUT2D eigenvalue weighted by Gasteiger charge is -2.09. The Kier molecular flexibility index (Phi) is 4.52. The number of hydroxylamine groups is 1. The maximum Gasteiger partial charge on any atom is 0.323 e. The highest BCUT2D eigenvalue weighted by Gasteiger charge is 2.16. The van der Waals surface area contributed by atoms with Crippen molar-refractivity contribution in [2.75, 3.05) is 0 Å². The van der Waals surface area contributed by atoms with Crippen LogP contribution < -0.4 is 5.48 Å². The van der Waals surface area contributed by atoms with Gasteiger partial charge in [0.05, 0.1) is 0 Å². The minimum Gasteiger partial charge on any atom is -0.480 e. The molecule has 0 heterocycles. The van der Waals surface area contributed by atoms with Crippen molar-refractivity contribution >= 4 is 5.97 Å². The van der Waals surface area contributed by atoms with Crippen molar-refractivity contribution in [3.05, 3.63) is 35.4 Å². The quantitative estimate of drug-likeness (QED) is 0.522. The zero-order chi connectivity index (χ0) is 12.0. The molecule has 1 aromatic carbocycles. The van der Waals surface area contributed by atoms with Gasteiger partial charge in [-0.3, -0.25) is 4.79 Å². The van der Waals surface area contributed by atoms with E-state index in [0.29, 0.717) is 0 Å². The second-order valence-corrected chi connectivity index (χ2v) is 3.30. The van der Waals surface area contributed by atoms with Crippen molar-refractivity contribution in [2.45, 2.75) is 19.4 Å². The van der Waals surface area contributed by atoms with Crippen molar-refractivity contribution in [3.8, 4) is 11.8 Å². The second kappa shape index (κ2) is 5.91. The summed E-state index contributed by atoms with van der Waals surface area (Å²) in [7, 11) is 0. The summed E-state index contributed by atoms with van der Waals surface area (Å²) < 4.78 is 0. The molecule has 4 nitrogen and oxygen atoms in total. The summed E-state index contributed by atoms with van der Waals surface area (Å²) >= 11 is 0. The van der Waals surface area contributed by atoms with E-state index in [1.54, 1.807) is 24.5 Å². The maximum absolute atomic E-state index is 10.7. The number of carboxylic acids is 1. The predicted octanol–water partition coefficient (Wildman–Crippen LogP) is 1.03. The number of carbonyl (C=O) groups is 1. The molecule has 0 aromatic heterocycles. The number of nitrogens with one attached hydrogen (secondary N) is 1. The number of carboxylic acid groups (broad SMARTS) is 1. The van der Waals surface area contributed by atoms with E-state index < -0.39 is 12.0 Å². The van der Waals surface area contributed by atoms with Crippen molar-refractivity contribution in [2.24, 2.45) is 0 Å². The Morgan fingerprint density at radius 2 is 2.06 bits per heavy atom. The van der Waals surface area contributed by atoms with Crippen molar-refractivity contribution < 1.29 is 15.1 Å². The second-order valence-electron chi connectivity index (χ2n) is 3.30. The molecular weight excluding hydrogens is 206 g/mol. The van der Waals surface area contributed by atoms with E-state index in [9.17, 15) is 4.79 Å². The average molecular weight is 219 g/mol. The van der Waals surface area contributed by atoms with Crippen LogP contribution in [-0.4, -0.2) is 22.3 Å². The minimum atomic E-state index is -1.08. The standard InChI is InChI=1S/C12H13NO3/c1-2-3-9-4-6-10(7-5-9)8-11(13-16)12(14)15/h4-7,11,13,16H,8H2,1H3,(H,14,15)/t11-/m0/s1. The van der Waals surface area contributed by atoms with Gasteiger partial charge in [-0.05, 0) is 24.6 Å². The van der Waals surface area contributed by atoms with E-state index in [4.69, 9.17) is 10.3 Å². The van der Waals surface area contributed by atoms with E-state index in [1.807, 2.05) is 12.1 Å². The average Bonchev–Trinajstić information content (AvgIpc) is 2.28. The van der Waals surface area contributed by atoms with Crippen LogP contribution in [0.2, 0.25) is 0 Å². The Balaban J connectivity index is 2.73. The molecule has 1 atom stereocenters. The lowest BCUT2D eigenvalue weighted by atomic mass is 10.0. The molecule has 0 fully saturated rings. The van der Waals surface area contributed by atoms with Crippen LogP contribution in [-0.2, 0) is 11.2 Å². The molecule has 0 radical (unpaired) electrons. The molecule has 1 aromatic rings. The van der Waals surface area contributed by atoms with E-state index in [-0.39, 0.29) is 6.42 Å². The third-order valence-corrected chi connectivity index (χ3v) is 2.12. The molecule has 0 aliphatic rings. The van der Waals surface area contributed by atoms with E-state index in [1.165, 1.54) is 0 Å². The van der Waals surface area contributed by atoms with Crippen LogP contribution >= 0.6 is 0 Å². The van der Waals surface area contributed by atoms with Crippen molar-refractivity contribution in [1.29, 1.82) is 0 Å². The first kappa shape index (κ1) is 12.2. The number of benzene rings is 1. The van der Waals surface area contributed by atoms with Crippen LogP contribution in [0.1, 0.15) is 18.1 Å². The molecule has 0 aliphatic carbocycles. The highest BCUT2D eigenvalue weighted by atomic mass is 16.5. The fraction of sp³-hybridized carbons (Fsp3) is 0.250. The molecule has 0 saturated heterocycles. The van der Waals surface area contributed by atoms with Crippen LogP contribution in [0.5, 0.6) is 0 Å². The van der Waals surface area contributed by atoms with Crippen LogP contribution in [0.4, 0.5) is 0 Å². The fourth-order valence-electron chi connectivity index (χ4n) is 1.29. The molecule has 1 rings (SSSR count). The molecule has 0 amide bonds. The molecule has 0 spiro atoms. The molecule has 4 heteroatoms. The van der Waals surface area contributed by atoms with Crippen LogP contribution in [0.15, 0.2) is 24.3 Å². The van der Waals surface area contributed by atoms with Crippen molar-refractivity contribution in [1.82, 2.24) is 5.48 Å². The molecular formula is C12H13NO3. The van der Waals surface area contributed by atoms with Crippen LogP contribution in [0, 0.1) is 11.8 Å². The Labute approximate surface area is 93.9 Å². The van der Waals surface area contributed by atoms with Gasteiger partial charge >= 0.3 is 5.97 Å². The normalized spacial score (nSPS) is 11.4. The third kappa shape index (κ3) is 3.39. The van der Waals surface area contributed by atoms with Crippen molar-refractivity contribution in [3.63, 3.8) is 0 Å². The third-order valence-electron chi connectivity index (χ3n) is 2.12. The highest BCUT2D eigenvalue weighted by molar-refractivity contribution is 5.73. The molecule has 0 unspecified atom stereocenters. The first-order valence-corrected chi connectivity index (χ1v) is 4.81. The lowest BCUT2D eigenvalue weighted by Crippen LogP contribution is -2.36. The zero-order valence-corrected chi connectivity index (χ0v) is 8.90. The minimum absolute atomic E-state index is 0.228. The summed E-state index contributed by atoms with van der Waals surface area (Å²) in [5.41, 5.74) is 3.48. The van der Waals surface area contributed by atoms with Gasteiger partial charge in [-0.1, -0.05) is 18.1 Å². The lowest BCUT2D eigenvalue weighted by molar-refractivity contribution is -0.142. The topological polar surface area (TPSA) is 69.6 Å². The molecule has 0 saturated carbocycles. The predicted molar refractivity (Wildman–Crippen MR) is 59.0 cm³/mol. The summed E-state index contributed by atoms with van der Waals surface area (Å²) in [6.07, 6.45) is 0.228. The fourth-order valence-corrected chi connectivity index (χ4v) is 1.29. The van der Waals surface area contributed by atoms with E-state index >= 15 is 0 Å². The van der Waals surface area contributed by atoms with E-state index in [2.05, 4.69) is 11.8 Å². The Morgan fingerprint density at radius 3 is 2.50 bits per heavy atom. The molecule has 3 N–H and O–H groups in total. The largest absolute Gasteiger partial charge is 0.480 e. The van der Waals surface area contributed by atoms with Gasteiger partial charge in [0, 0.05) is 12.0 Å². The first-order chi connectivity index (χ1) is 7.67. The molecule has 84 valence electrons. The summed E-state index contributed by atoms with van der Waals surface area (Å²) in [5, 5.41) is 17.4. The van der Waals surface area contributed by atoms with Gasteiger partial charge in [0.1, 0.15) is 6.04 Å². The Bertz CT molecular complexity index is 414. The van der Waals surface area contributed by atoms with Gasteiger partial charge in [-0.25, -0.2) is 0 Å². The summed E-state index contributed by atoms with van der Waals surface area (Å²) in [6, 6.07) is 6.26. The van der Waals surface area contributed by atoms with Gasteiger partial charge in [0.25, 0.3) is 0 Å². The first-order valence-electron chi connectivity index (χ1n) is 4.81.